The van der Waals surface area contributed by atoms with Gasteiger partial charge in [0.2, 0.25) is 0 Å². The molecule has 1 N–H and O–H groups in total. The normalized spacial score (nSPS) is 13.4. The lowest BCUT2D eigenvalue weighted by Gasteiger charge is -2.23. The van der Waals surface area contributed by atoms with Gasteiger partial charge < -0.3 is 9.73 Å². The van der Waals surface area contributed by atoms with Crippen LogP contribution < -0.4 is 5.32 Å². The van der Waals surface area contributed by atoms with Crippen LogP contribution in [0.2, 0.25) is 0 Å². The Morgan fingerprint density at radius 2 is 2.11 bits per heavy atom. The van der Waals surface area contributed by atoms with Crippen molar-refractivity contribution in [3.05, 3.63) is 23.7 Å². The van der Waals surface area contributed by atoms with Gasteiger partial charge in [-0.15, -0.1) is 0 Å². The molecule has 0 radical (unpaired) electrons. The summed E-state index contributed by atoms with van der Waals surface area (Å²) in [4.78, 5) is 2.35. The second-order valence-electron chi connectivity index (χ2n) is 5.61. The molecule has 0 saturated heterocycles. The van der Waals surface area contributed by atoms with E-state index < -0.39 is 0 Å². The largest absolute Gasteiger partial charge is 0.468 e. The van der Waals surface area contributed by atoms with E-state index in [0.717, 1.165) is 31.1 Å². The maximum absolute atomic E-state index is 5.63. The third-order valence-electron chi connectivity index (χ3n) is 3.26. The molecule has 0 aliphatic heterocycles. The first kappa shape index (κ1) is 16.6. The van der Waals surface area contributed by atoms with Crippen LogP contribution in [0, 0.1) is 5.92 Å². The second-order valence-corrected chi connectivity index (χ2v) is 6.52. The van der Waals surface area contributed by atoms with E-state index in [1.807, 2.05) is 11.8 Å². The van der Waals surface area contributed by atoms with Gasteiger partial charge in [0.15, 0.2) is 0 Å². The molecule has 0 aliphatic rings. The smallest absolute Gasteiger partial charge is 0.122 e. The Morgan fingerprint density at radius 3 is 2.74 bits per heavy atom. The third-order valence-corrected chi connectivity index (χ3v) is 4.07. The Bertz CT molecular complexity index is 352. The average molecular weight is 284 g/mol. The molecular formula is C15H28N2OS. The Balaban J connectivity index is 2.47. The van der Waals surface area contributed by atoms with Gasteiger partial charge in [-0.2, -0.15) is 11.8 Å². The van der Waals surface area contributed by atoms with Crippen LogP contribution in [-0.2, 0) is 13.1 Å². The van der Waals surface area contributed by atoms with Gasteiger partial charge in [-0.3, -0.25) is 4.90 Å². The highest BCUT2D eigenvalue weighted by Crippen LogP contribution is 2.15. The molecule has 4 heteroatoms. The van der Waals surface area contributed by atoms with Crippen LogP contribution in [0.15, 0.2) is 16.7 Å². The number of thioether (sulfide) groups is 1. The Kier molecular flexibility index (Phi) is 7.57. The van der Waals surface area contributed by atoms with Crippen LogP contribution in [0.1, 0.15) is 32.1 Å². The van der Waals surface area contributed by atoms with Crippen molar-refractivity contribution in [2.45, 2.75) is 39.9 Å². The fourth-order valence-electron chi connectivity index (χ4n) is 1.91. The van der Waals surface area contributed by atoms with Crippen molar-refractivity contribution < 1.29 is 4.42 Å². The molecule has 3 nitrogen and oxygen atoms in total. The van der Waals surface area contributed by atoms with Gasteiger partial charge in [0.25, 0.3) is 0 Å². The van der Waals surface area contributed by atoms with E-state index in [4.69, 9.17) is 4.42 Å². The summed E-state index contributed by atoms with van der Waals surface area (Å²) in [7, 11) is 2.16. The van der Waals surface area contributed by atoms with Gasteiger partial charge in [-0.25, -0.2) is 0 Å². The molecule has 0 spiro atoms. The Labute approximate surface area is 122 Å². The molecule has 0 fully saturated rings. The van der Waals surface area contributed by atoms with Gasteiger partial charge >= 0.3 is 0 Å². The molecule has 0 bridgehead atoms. The van der Waals surface area contributed by atoms with Gasteiger partial charge in [0, 0.05) is 23.9 Å². The zero-order valence-corrected chi connectivity index (χ0v) is 13.7. The summed E-state index contributed by atoms with van der Waals surface area (Å²) < 4.78 is 5.63. The van der Waals surface area contributed by atoms with E-state index in [0.29, 0.717) is 12.0 Å². The summed E-state index contributed by atoms with van der Waals surface area (Å²) in [5.74, 6) is 2.92. The molecule has 0 aliphatic carbocycles. The van der Waals surface area contributed by atoms with Crippen molar-refractivity contribution in [3.8, 4) is 0 Å². The van der Waals surface area contributed by atoms with E-state index in [9.17, 15) is 0 Å². The van der Waals surface area contributed by atoms with Crippen LogP contribution >= 0.6 is 11.8 Å². The highest BCUT2D eigenvalue weighted by atomic mass is 32.2. The molecule has 19 heavy (non-hydrogen) atoms. The fraction of sp³-hybridized carbons (Fsp3) is 0.733. The molecule has 110 valence electrons. The summed E-state index contributed by atoms with van der Waals surface area (Å²) in [6.45, 7) is 9.53. The molecule has 1 aromatic rings. The average Bonchev–Trinajstić information content (AvgIpc) is 2.76. The van der Waals surface area contributed by atoms with Crippen molar-refractivity contribution in [3.63, 3.8) is 0 Å². The lowest BCUT2D eigenvalue weighted by atomic mass is 10.2. The standard InChI is InChI=1S/C15H28N2OS/c1-12(2)8-16-9-14-6-7-18-15(14)10-17(4)13(3)11-19-5/h6-7,12-13,16H,8-11H2,1-5H3. The minimum atomic E-state index is 0.566. The number of rotatable bonds is 9. The van der Waals surface area contributed by atoms with Crippen LogP contribution in [0.25, 0.3) is 0 Å². The first-order valence-electron chi connectivity index (χ1n) is 6.99. The number of nitrogens with zero attached hydrogens (tertiary/aromatic N) is 1. The van der Waals surface area contributed by atoms with Crippen molar-refractivity contribution in [1.29, 1.82) is 0 Å². The maximum Gasteiger partial charge on any atom is 0.122 e. The zero-order valence-electron chi connectivity index (χ0n) is 12.9. The minimum absolute atomic E-state index is 0.566. The van der Waals surface area contributed by atoms with Crippen molar-refractivity contribution >= 4 is 11.8 Å². The molecular weight excluding hydrogens is 256 g/mol. The van der Waals surface area contributed by atoms with E-state index in [1.165, 1.54) is 5.56 Å². The van der Waals surface area contributed by atoms with E-state index in [-0.39, 0.29) is 0 Å². The topological polar surface area (TPSA) is 28.4 Å². The van der Waals surface area contributed by atoms with Gasteiger partial charge in [-0.05, 0) is 38.8 Å². The predicted octanol–water partition coefficient (Wildman–Crippen LogP) is 3.21. The van der Waals surface area contributed by atoms with E-state index >= 15 is 0 Å². The van der Waals surface area contributed by atoms with Crippen molar-refractivity contribution in [2.75, 3.05) is 25.6 Å². The summed E-state index contributed by atoms with van der Waals surface area (Å²) in [5, 5.41) is 3.47. The molecule has 0 amide bonds. The molecule has 1 rings (SSSR count). The number of nitrogens with one attached hydrogen (secondary N) is 1. The second kappa shape index (κ2) is 8.67. The van der Waals surface area contributed by atoms with Crippen LogP contribution in [0.4, 0.5) is 0 Å². The highest BCUT2D eigenvalue weighted by Gasteiger charge is 2.13. The van der Waals surface area contributed by atoms with Crippen LogP contribution in [0.3, 0.4) is 0 Å². The summed E-state index contributed by atoms with van der Waals surface area (Å²) in [5.41, 5.74) is 1.28. The minimum Gasteiger partial charge on any atom is -0.468 e. The monoisotopic (exact) mass is 284 g/mol. The zero-order chi connectivity index (χ0) is 14.3. The van der Waals surface area contributed by atoms with E-state index in [1.54, 1.807) is 6.26 Å². The molecule has 1 atom stereocenters. The third kappa shape index (κ3) is 6.02. The quantitative estimate of drug-likeness (QED) is 0.754. The van der Waals surface area contributed by atoms with Crippen LogP contribution in [-0.4, -0.2) is 36.5 Å². The molecule has 1 aromatic heterocycles. The summed E-state index contributed by atoms with van der Waals surface area (Å²) >= 11 is 1.89. The van der Waals surface area contributed by atoms with Crippen LogP contribution in [0.5, 0.6) is 0 Å². The van der Waals surface area contributed by atoms with Gasteiger partial charge in [0.1, 0.15) is 5.76 Å². The van der Waals surface area contributed by atoms with Gasteiger partial charge in [-0.1, -0.05) is 13.8 Å². The molecule has 0 saturated carbocycles. The highest BCUT2D eigenvalue weighted by molar-refractivity contribution is 7.98. The van der Waals surface area contributed by atoms with E-state index in [2.05, 4.69) is 50.4 Å². The summed E-state index contributed by atoms with van der Waals surface area (Å²) in [6.07, 6.45) is 3.95. The SMILES string of the molecule is CSCC(C)N(C)Cc1occc1CNCC(C)C. The Morgan fingerprint density at radius 1 is 1.37 bits per heavy atom. The Hall–Kier alpha value is -0.450. The first-order chi connectivity index (χ1) is 9.04. The van der Waals surface area contributed by atoms with Crippen molar-refractivity contribution in [1.82, 2.24) is 10.2 Å². The maximum atomic E-state index is 5.63. The van der Waals surface area contributed by atoms with Crippen molar-refractivity contribution in [2.24, 2.45) is 5.92 Å². The number of furan rings is 1. The molecule has 1 heterocycles. The fourth-order valence-corrected chi connectivity index (χ4v) is 2.65. The molecule has 1 unspecified atom stereocenters. The number of hydrogen-bond donors (Lipinski definition) is 1. The lowest BCUT2D eigenvalue weighted by Crippen LogP contribution is -2.31. The predicted molar refractivity (Wildman–Crippen MR) is 84.6 cm³/mol. The van der Waals surface area contributed by atoms with Gasteiger partial charge in [0.05, 0.1) is 12.8 Å². The molecule has 0 aromatic carbocycles. The lowest BCUT2D eigenvalue weighted by molar-refractivity contribution is 0.245. The number of hydrogen-bond acceptors (Lipinski definition) is 4. The summed E-state index contributed by atoms with van der Waals surface area (Å²) in [6, 6.07) is 2.65. The first-order valence-corrected chi connectivity index (χ1v) is 8.39.